The molecular weight excluding hydrogens is 236 g/mol. The van der Waals surface area contributed by atoms with E-state index in [9.17, 15) is 9.90 Å². The fraction of sp³-hybridized carbons (Fsp3) is 0.333. The lowest BCUT2D eigenvalue weighted by Gasteiger charge is -2.21. The van der Waals surface area contributed by atoms with Crippen molar-refractivity contribution in [2.24, 2.45) is 0 Å². The molecule has 1 saturated heterocycles. The molecule has 1 aromatic carbocycles. The minimum Gasteiger partial charge on any atom is -0.508 e. The van der Waals surface area contributed by atoms with Gasteiger partial charge in [0.25, 0.3) is 0 Å². The van der Waals surface area contributed by atoms with Gasteiger partial charge >= 0.3 is 0 Å². The first-order valence-electron chi connectivity index (χ1n) is 5.38. The molecule has 1 aliphatic rings. The highest BCUT2D eigenvalue weighted by molar-refractivity contribution is 8.15. The zero-order valence-electron chi connectivity index (χ0n) is 9.73. The average molecular weight is 250 g/mol. The second kappa shape index (κ2) is 4.41. The fourth-order valence-electron chi connectivity index (χ4n) is 1.83. The molecule has 1 amide bonds. The van der Waals surface area contributed by atoms with E-state index in [-0.39, 0.29) is 22.7 Å². The van der Waals surface area contributed by atoms with Gasteiger partial charge in [0.15, 0.2) is 5.17 Å². The van der Waals surface area contributed by atoms with Crippen molar-refractivity contribution in [1.82, 2.24) is 0 Å². The van der Waals surface area contributed by atoms with Crippen LogP contribution in [-0.4, -0.2) is 21.9 Å². The fourth-order valence-corrected chi connectivity index (χ4v) is 2.55. The number of hydrogen-bond donors (Lipinski definition) is 2. The summed E-state index contributed by atoms with van der Waals surface area (Å²) in [5.41, 5.74) is 1.59. The predicted octanol–water partition coefficient (Wildman–Crippen LogP) is 2.53. The number of rotatable bonds is 2. The molecule has 4 nitrogen and oxygen atoms in total. The number of phenols is 1. The van der Waals surface area contributed by atoms with E-state index in [1.807, 2.05) is 13.8 Å². The Kier molecular flexibility index (Phi) is 3.11. The van der Waals surface area contributed by atoms with Crippen molar-refractivity contribution in [3.63, 3.8) is 0 Å². The summed E-state index contributed by atoms with van der Waals surface area (Å²) in [5.74, 6) is 0.539. The van der Waals surface area contributed by atoms with E-state index in [1.54, 1.807) is 18.2 Å². The zero-order chi connectivity index (χ0) is 12.6. The molecule has 0 spiro atoms. The van der Waals surface area contributed by atoms with Crippen molar-refractivity contribution in [1.29, 1.82) is 5.41 Å². The Hall–Kier alpha value is -1.49. The lowest BCUT2D eigenvalue weighted by atomic mass is 10.00. The number of hydrogen-bond acceptors (Lipinski definition) is 4. The maximum absolute atomic E-state index is 11.8. The third-order valence-electron chi connectivity index (χ3n) is 2.66. The highest BCUT2D eigenvalue weighted by Gasteiger charge is 2.30. The van der Waals surface area contributed by atoms with Crippen molar-refractivity contribution in [2.45, 2.75) is 19.8 Å². The molecular formula is C12H14N2O2S. The summed E-state index contributed by atoms with van der Waals surface area (Å²) in [6.07, 6.45) is 0. The number of amidine groups is 1. The highest BCUT2D eigenvalue weighted by Crippen LogP contribution is 2.34. The SMILES string of the molecule is CC(C)c1ccc(O)cc1N1C(=N)SCC1=O. The van der Waals surface area contributed by atoms with Gasteiger partial charge in [0.05, 0.1) is 11.4 Å². The molecule has 1 heterocycles. The van der Waals surface area contributed by atoms with E-state index >= 15 is 0 Å². The standard InChI is InChI=1S/C12H14N2O2S/c1-7(2)9-4-3-8(15)5-10(9)14-11(16)6-17-12(14)13/h3-5,7,13,15H,6H2,1-2H3. The zero-order valence-corrected chi connectivity index (χ0v) is 10.5. The van der Waals surface area contributed by atoms with Crippen LogP contribution in [-0.2, 0) is 4.79 Å². The van der Waals surface area contributed by atoms with Crippen LogP contribution in [0.25, 0.3) is 0 Å². The van der Waals surface area contributed by atoms with Gasteiger partial charge in [0.2, 0.25) is 5.91 Å². The van der Waals surface area contributed by atoms with E-state index in [0.717, 1.165) is 5.56 Å². The summed E-state index contributed by atoms with van der Waals surface area (Å²) < 4.78 is 0. The number of thioether (sulfide) groups is 1. The Morgan fingerprint density at radius 1 is 1.47 bits per heavy atom. The molecule has 1 aromatic rings. The van der Waals surface area contributed by atoms with Crippen LogP contribution in [0.3, 0.4) is 0 Å². The van der Waals surface area contributed by atoms with Gasteiger partial charge in [-0.3, -0.25) is 15.1 Å². The third-order valence-corrected chi connectivity index (χ3v) is 3.51. The Morgan fingerprint density at radius 3 is 2.71 bits per heavy atom. The smallest absolute Gasteiger partial charge is 0.243 e. The van der Waals surface area contributed by atoms with Crippen molar-refractivity contribution < 1.29 is 9.90 Å². The Bertz CT molecular complexity index is 469. The summed E-state index contributed by atoms with van der Waals surface area (Å²) in [6.45, 7) is 4.04. The van der Waals surface area contributed by atoms with Crippen LogP contribution < -0.4 is 4.90 Å². The van der Waals surface area contributed by atoms with Crippen LogP contribution >= 0.6 is 11.8 Å². The number of carbonyl (C=O) groups is 1. The molecule has 2 rings (SSSR count). The minimum atomic E-state index is -0.104. The highest BCUT2D eigenvalue weighted by atomic mass is 32.2. The molecule has 0 bridgehead atoms. The molecule has 0 aromatic heterocycles. The maximum Gasteiger partial charge on any atom is 0.243 e. The average Bonchev–Trinajstić information content (AvgIpc) is 2.58. The van der Waals surface area contributed by atoms with Crippen LogP contribution in [0, 0.1) is 5.41 Å². The number of anilines is 1. The van der Waals surface area contributed by atoms with Crippen molar-refractivity contribution in [3.05, 3.63) is 23.8 Å². The number of aromatic hydroxyl groups is 1. The van der Waals surface area contributed by atoms with Gasteiger partial charge in [-0.05, 0) is 17.5 Å². The summed E-state index contributed by atoms with van der Waals surface area (Å²) in [4.78, 5) is 13.1. The number of phenolic OH excluding ortho intramolecular Hbond substituents is 1. The summed E-state index contributed by atoms with van der Waals surface area (Å²) >= 11 is 1.21. The van der Waals surface area contributed by atoms with Crippen molar-refractivity contribution in [2.75, 3.05) is 10.7 Å². The number of nitrogens with one attached hydrogen (secondary N) is 1. The van der Waals surface area contributed by atoms with Crippen LogP contribution in [0.2, 0.25) is 0 Å². The number of benzene rings is 1. The van der Waals surface area contributed by atoms with Gasteiger partial charge in [-0.25, -0.2) is 0 Å². The lowest BCUT2D eigenvalue weighted by molar-refractivity contribution is -0.115. The Labute approximate surface area is 104 Å². The molecule has 2 N–H and O–H groups in total. The maximum atomic E-state index is 11.8. The normalized spacial score (nSPS) is 16.1. The van der Waals surface area contributed by atoms with Crippen LogP contribution in [0.5, 0.6) is 5.75 Å². The molecule has 90 valence electrons. The van der Waals surface area contributed by atoms with Gasteiger partial charge in [-0.1, -0.05) is 31.7 Å². The van der Waals surface area contributed by atoms with E-state index in [1.165, 1.54) is 16.7 Å². The van der Waals surface area contributed by atoms with Crippen molar-refractivity contribution >= 4 is 28.5 Å². The van der Waals surface area contributed by atoms with Crippen LogP contribution in [0.15, 0.2) is 18.2 Å². The first kappa shape index (κ1) is 12.0. The molecule has 0 radical (unpaired) electrons. The second-order valence-electron chi connectivity index (χ2n) is 4.22. The molecule has 1 fully saturated rings. The summed E-state index contributed by atoms with van der Waals surface area (Å²) in [6, 6.07) is 4.96. The quantitative estimate of drug-likeness (QED) is 0.847. The molecule has 0 aliphatic carbocycles. The van der Waals surface area contributed by atoms with E-state index < -0.39 is 0 Å². The number of amides is 1. The predicted molar refractivity (Wildman–Crippen MR) is 69.9 cm³/mol. The van der Waals surface area contributed by atoms with E-state index in [0.29, 0.717) is 11.4 Å². The minimum absolute atomic E-state index is 0.104. The number of nitrogens with zero attached hydrogens (tertiary/aromatic N) is 1. The first-order chi connectivity index (χ1) is 8.00. The van der Waals surface area contributed by atoms with Crippen molar-refractivity contribution in [3.8, 4) is 5.75 Å². The van der Waals surface area contributed by atoms with Gasteiger partial charge < -0.3 is 5.11 Å². The Morgan fingerprint density at radius 2 is 2.18 bits per heavy atom. The largest absolute Gasteiger partial charge is 0.508 e. The lowest BCUT2D eigenvalue weighted by Crippen LogP contribution is -2.29. The number of carbonyl (C=O) groups excluding carboxylic acids is 1. The first-order valence-corrected chi connectivity index (χ1v) is 6.36. The van der Waals surface area contributed by atoms with Gasteiger partial charge in [0, 0.05) is 6.07 Å². The monoisotopic (exact) mass is 250 g/mol. The van der Waals surface area contributed by atoms with Crippen LogP contribution in [0.1, 0.15) is 25.3 Å². The molecule has 5 heteroatoms. The van der Waals surface area contributed by atoms with Gasteiger partial charge in [0.1, 0.15) is 5.75 Å². The molecule has 1 aliphatic heterocycles. The van der Waals surface area contributed by atoms with E-state index in [4.69, 9.17) is 5.41 Å². The Balaban J connectivity index is 2.53. The molecule has 0 saturated carbocycles. The summed E-state index contributed by atoms with van der Waals surface area (Å²) in [5, 5.41) is 17.5. The third kappa shape index (κ3) is 2.15. The molecule has 0 atom stereocenters. The summed E-state index contributed by atoms with van der Waals surface area (Å²) in [7, 11) is 0. The molecule has 17 heavy (non-hydrogen) atoms. The van der Waals surface area contributed by atoms with E-state index in [2.05, 4.69) is 0 Å². The molecule has 0 unspecified atom stereocenters. The second-order valence-corrected chi connectivity index (χ2v) is 5.18. The topological polar surface area (TPSA) is 64.4 Å². The van der Waals surface area contributed by atoms with Crippen LogP contribution in [0.4, 0.5) is 5.69 Å². The van der Waals surface area contributed by atoms with Gasteiger partial charge in [-0.2, -0.15) is 0 Å². The van der Waals surface area contributed by atoms with Gasteiger partial charge in [-0.15, -0.1) is 0 Å².